The standard InChI is InChI=1S/C11H16N4O/c16-11(2-1-9-3-4-12-5-9)15-10-6-13-8-14-7-10/h6-9,12H,1-5H2,(H,15,16). The Balaban J connectivity index is 1.72. The average Bonchev–Trinajstić information content (AvgIpc) is 2.81. The van der Waals surface area contributed by atoms with E-state index in [1.807, 2.05) is 0 Å². The van der Waals surface area contributed by atoms with Gasteiger partial charge in [-0.2, -0.15) is 0 Å². The summed E-state index contributed by atoms with van der Waals surface area (Å²) in [5.41, 5.74) is 0.664. The van der Waals surface area contributed by atoms with Crippen molar-refractivity contribution >= 4 is 11.6 Å². The van der Waals surface area contributed by atoms with Gasteiger partial charge in [-0.05, 0) is 31.8 Å². The van der Waals surface area contributed by atoms with Gasteiger partial charge in [-0.1, -0.05) is 0 Å². The summed E-state index contributed by atoms with van der Waals surface area (Å²) in [6, 6.07) is 0. The maximum absolute atomic E-state index is 11.6. The van der Waals surface area contributed by atoms with Crippen molar-refractivity contribution in [1.29, 1.82) is 0 Å². The Morgan fingerprint density at radius 2 is 2.31 bits per heavy atom. The molecule has 16 heavy (non-hydrogen) atoms. The second kappa shape index (κ2) is 5.55. The zero-order valence-corrected chi connectivity index (χ0v) is 9.15. The Bertz CT molecular complexity index is 335. The number of hydrogen-bond donors (Lipinski definition) is 2. The van der Waals surface area contributed by atoms with Crippen molar-refractivity contribution in [3.8, 4) is 0 Å². The minimum Gasteiger partial charge on any atom is -0.323 e. The molecule has 1 fully saturated rings. The number of nitrogens with one attached hydrogen (secondary N) is 2. The van der Waals surface area contributed by atoms with Gasteiger partial charge in [0.25, 0.3) is 0 Å². The van der Waals surface area contributed by atoms with Crippen molar-refractivity contribution < 1.29 is 4.79 Å². The fraction of sp³-hybridized carbons (Fsp3) is 0.545. The number of hydrogen-bond acceptors (Lipinski definition) is 4. The van der Waals surface area contributed by atoms with Crippen LogP contribution in [-0.4, -0.2) is 29.0 Å². The van der Waals surface area contributed by atoms with Crippen LogP contribution in [0.2, 0.25) is 0 Å². The molecule has 1 unspecified atom stereocenters. The van der Waals surface area contributed by atoms with Crippen molar-refractivity contribution in [1.82, 2.24) is 15.3 Å². The molecule has 2 heterocycles. The molecule has 2 N–H and O–H groups in total. The Morgan fingerprint density at radius 1 is 1.50 bits per heavy atom. The van der Waals surface area contributed by atoms with E-state index in [2.05, 4.69) is 20.6 Å². The second-order valence-corrected chi connectivity index (χ2v) is 4.07. The van der Waals surface area contributed by atoms with E-state index in [0.717, 1.165) is 19.5 Å². The van der Waals surface area contributed by atoms with E-state index in [4.69, 9.17) is 0 Å². The molecule has 1 aliphatic heterocycles. The number of rotatable bonds is 4. The van der Waals surface area contributed by atoms with Crippen LogP contribution in [0.5, 0.6) is 0 Å². The van der Waals surface area contributed by atoms with Gasteiger partial charge in [0, 0.05) is 6.42 Å². The van der Waals surface area contributed by atoms with Crippen molar-refractivity contribution in [3.05, 3.63) is 18.7 Å². The van der Waals surface area contributed by atoms with E-state index in [-0.39, 0.29) is 5.91 Å². The van der Waals surface area contributed by atoms with Crippen molar-refractivity contribution in [3.63, 3.8) is 0 Å². The lowest BCUT2D eigenvalue weighted by atomic mass is 10.0. The summed E-state index contributed by atoms with van der Waals surface area (Å²) < 4.78 is 0. The minimum absolute atomic E-state index is 0.0432. The van der Waals surface area contributed by atoms with Gasteiger partial charge >= 0.3 is 0 Å². The smallest absolute Gasteiger partial charge is 0.224 e. The third-order valence-corrected chi connectivity index (χ3v) is 2.79. The number of carbonyl (C=O) groups is 1. The number of nitrogens with zero attached hydrogens (tertiary/aromatic N) is 2. The molecule has 1 aromatic rings. The molecule has 0 bridgehead atoms. The summed E-state index contributed by atoms with van der Waals surface area (Å²) in [6.45, 7) is 2.13. The van der Waals surface area contributed by atoms with Gasteiger partial charge < -0.3 is 10.6 Å². The Kier molecular flexibility index (Phi) is 3.82. The third kappa shape index (κ3) is 3.27. The fourth-order valence-corrected chi connectivity index (χ4v) is 1.88. The molecule has 5 heteroatoms. The van der Waals surface area contributed by atoms with Gasteiger partial charge in [-0.3, -0.25) is 4.79 Å². The van der Waals surface area contributed by atoms with Crippen LogP contribution >= 0.6 is 0 Å². The van der Waals surface area contributed by atoms with Crippen LogP contribution in [0.4, 0.5) is 5.69 Å². The molecule has 1 atom stereocenters. The maximum Gasteiger partial charge on any atom is 0.224 e. The van der Waals surface area contributed by atoms with Crippen LogP contribution in [-0.2, 0) is 4.79 Å². The summed E-state index contributed by atoms with van der Waals surface area (Å²) in [4.78, 5) is 19.3. The van der Waals surface area contributed by atoms with Gasteiger partial charge in [-0.25, -0.2) is 9.97 Å². The highest BCUT2D eigenvalue weighted by atomic mass is 16.1. The first-order chi connectivity index (χ1) is 7.84. The summed E-state index contributed by atoms with van der Waals surface area (Å²) in [5.74, 6) is 0.694. The predicted octanol–water partition coefficient (Wildman–Crippen LogP) is 0.805. The van der Waals surface area contributed by atoms with E-state index in [1.54, 1.807) is 12.4 Å². The molecule has 0 aromatic carbocycles. The van der Waals surface area contributed by atoms with E-state index < -0.39 is 0 Å². The molecule has 0 spiro atoms. The Morgan fingerprint density at radius 3 is 3.00 bits per heavy atom. The molecule has 0 aliphatic carbocycles. The lowest BCUT2D eigenvalue weighted by molar-refractivity contribution is -0.116. The highest BCUT2D eigenvalue weighted by molar-refractivity contribution is 5.90. The van der Waals surface area contributed by atoms with Crippen LogP contribution in [0.3, 0.4) is 0 Å². The van der Waals surface area contributed by atoms with Gasteiger partial charge in [0.2, 0.25) is 5.91 Å². The van der Waals surface area contributed by atoms with Gasteiger partial charge in [-0.15, -0.1) is 0 Å². The van der Waals surface area contributed by atoms with Gasteiger partial charge in [0.15, 0.2) is 0 Å². The first-order valence-corrected chi connectivity index (χ1v) is 5.60. The van der Waals surface area contributed by atoms with Crippen LogP contribution in [0.15, 0.2) is 18.7 Å². The summed E-state index contributed by atoms with van der Waals surface area (Å²) in [6.07, 6.45) is 7.35. The van der Waals surface area contributed by atoms with Crippen LogP contribution < -0.4 is 10.6 Å². The molecular formula is C11H16N4O. The van der Waals surface area contributed by atoms with Crippen LogP contribution in [0, 0.1) is 5.92 Å². The Hall–Kier alpha value is -1.49. The summed E-state index contributed by atoms with van der Waals surface area (Å²) in [5, 5.41) is 6.08. The van der Waals surface area contributed by atoms with E-state index in [0.29, 0.717) is 18.0 Å². The summed E-state index contributed by atoms with van der Waals surface area (Å²) >= 11 is 0. The molecular weight excluding hydrogens is 204 g/mol. The topological polar surface area (TPSA) is 66.9 Å². The fourth-order valence-electron chi connectivity index (χ4n) is 1.88. The minimum atomic E-state index is 0.0432. The molecule has 5 nitrogen and oxygen atoms in total. The zero-order valence-electron chi connectivity index (χ0n) is 9.15. The monoisotopic (exact) mass is 220 g/mol. The van der Waals surface area contributed by atoms with Gasteiger partial charge in [0.05, 0.1) is 18.1 Å². The zero-order chi connectivity index (χ0) is 11.2. The van der Waals surface area contributed by atoms with Crippen molar-refractivity contribution in [2.45, 2.75) is 19.3 Å². The molecule has 0 saturated carbocycles. The highest BCUT2D eigenvalue weighted by Gasteiger charge is 2.15. The molecule has 1 aliphatic rings. The largest absolute Gasteiger partial charge is 0.323 e. The molecule has 1 saturated heterocycles. The van der Waals surface area contributed by atoms with E-state index >= 15 is 0 Å². The number of aromatic nitrogens is 2. The number of carbonyl (C=O) groups excluding carboxylic acids is 1. The average molecular weight is 220 g/mol. The molecule has 86 valence electrons. The van der Waals surface area contributed by atoms with Crippen molar-refractivity contribution in [2.75, 3.05) is 18.4 Å². The Labute approximate surface area is 94.7 Å². The highest BCUT2D eigenvalue weighted by Crippen LogP contribution is 2.14. The van der Waals surface area contributed by atoms with Crippen molar-refractivity contribution in [2.24, 2.45) is 5.92 Å². The van der Waals surface area contributed by atoms with Crippen LogP contribution in [0.25, 0.3) is 0 Å². The van der Waals surface area contributed by atoms with E-state index in [9.17, 15) is 4.79 Å². The third-order valence-electron chi connectivity index (χ3n) is 2.79. The van der Waals surface area contributed by atoms with E-state index in [1.165, 1.54) is 12.7 Å². The first kappa shape index (κ1) is 11.0. The normalized spacial score (nSPS) is 19.6. The van der Waals surface area contributed by atoms with Gasteiger partial charge in [0.1, 0.15) is 6.33 Å². The predicted molar refractivity (Wildman–Crippen MR) is 60.9 cm³/mol. The molecule has 2 rings (SSSR count). The molecule has 1 amide bonds. The quantitative estimate of drug-likeness (QED) is 0.787. The lowest BCUT2D eigenvalue weighted by Gasteiger charge is -2.07. The number of anilines is 1. The molecule has 1 aromatic heterocycles. The molecule has 0 radical (unpaired) electrons. The van der Waals surface area contributed by atoms with Crippen LogP contribution in [0.1, 0.15) is 19.3 Å². The lowest BCUT2D eigenvalue weighted by Crippen LogP contribution is -2.15. The number of amides is 1. The summed E-state index contributed by atoms with van der Waals surface area (Å²) in [7, 11) is 0. The first-order valence-electron chi connectivity index (χ1n) is 5.60. The maximum atomic E-state index is 11.6. The SMILES string of the molecule is O=C(CCC1CCNC1)Nc1cncnc1. The second-order valence-electron chi connectivity index (χ2n) is 4.07.